The van der Waals surface area contributed by atoms with E-state index in [1.54, 1.807) is 42.5 Å². The number of benzene rings is 2. The van der Waals surface area contributed by atoms with E-state index in [9.17, 15) is 9.59 Å². The van der Waals surface area contributed by atoms with Crippen molar-refractivity contribution in [2.45, 2.75) is 19.9 Å². The summed E-state index contributed by atoms with van der Waals surface area (Å²) in [6.45, 7) is 3.72. The number of amides is 1. The first kappa shape index (κ1) is 17.2. The van der Waals surface area contributed by atoms with Crippen molar-refractivity contribution in [2.24, 2.45) is 5.92 Å². The Hall–Kier alpha value is -2.14. The highest BCUT2D eigenvalue weighted by Gasteiger charge is 2.27. The number of carbonyl (C=O) groups excluding carboxylic acids is 2. The van der Waals surface area contributed by atoms with Crippen LogP contribution in [0, 0.1) is 5.92 Å². The Kier molecular flexibility index (Phi) is 5.93. The average molecular weight is 376 g/mol. The molecule has 0 saturated carbocycles. The van der Waals surface area contributed by atoms with E-state index < -0.39 is 12.0 Å². The zero-order valence-corrected chi connectivity index (χ0v) is 14.5. The van der Waals surface area contributed by atoms with Crippen molar-refractivity contribution < 1.29 is 14.3 Å². The fourth-order valence-electron chi connectivity index (χ4n) is 2.03. The smallest absolute Gasteiger partial charge is 0.334 e. The van der Waals surface area contributed by atoms with Gasteiger partial charge in [0.15, 0.2) is 0 Å². The van der Waals surface area contributed by atoms with Crippen molar-refractivity contribution in [2.75, 3.05) is 0 Å². The molecule has 1 atom stereocenters. The predicted octanol–water partition coefficient (Wildman–Crippen LogP) is 3.81. The minimum atomic E-state index is -0.727. The van der Waals surface area contributed by atoms with Gasteiger partial charge in [-0.2, -0.15) is 0 Å². The van der Waals surface area contributed by atoms with Crippen LogP contribution < -0.4 is 10.1 Å². The Morgan fingerprint density at radius 1 is 1.00 bits per heavy atom. The zero-order chi connectivity index (χ0) is 16.8. The molecule has 120 valence electrons. The number of carbonyl (C=O) groups is 2. The van der Waals surface area contributed by atoms with Crippen molar-refractivity contribution in [3.63, 3.8) is 0 Å². The van der Waals surface area contributed by atoms with Crippen LogP contribution in [-0.2, 0) is 4.79 Å². The summed E-state index contributed by atoms with van der Waals surface area (Å²) >= 11 is 3.34. The van der Waals surface area contributed by atoms with E-state index in [1.807, 2.05) is 26.0 Å². The summed E-state index contributed by atoms with van der Waals surface area (Å²) in [4.78, 5) is 24.7. The van der Waals surface area contributed by atoms with Crippen LogP contribution in [0.15, 0.2) is 59.1 Å². The van der Waals surface area contributed by atoms with Crippen LogP contribution in [0.3, 0.4) is 0 Å². The SMILES string of the molecule is CC(C)[C@H](NC(=O)c1ccccc1Br)C(=O)Oc1ccccc1. The normalized spacial score (nSPS) is 11.8. The van der Waals surface area contributed by atoms with Gasteiger partial charge in [-0.1, -0.05) is 44.2 Å². The number of nitrogens with one attached hydrogen (secondary N) is 1. The van der Waals surface area contributed by atoms with Gasteiger partial charge in [-0.05, 0) is 46.1 Å². The first-order chi connectivity index (χ1) is 11.0. The van der Waals surface area contributed by atoms with Crippen LogP contribution in [-0.4, -0.2) is 17.9 Å². The summed E-state index contributed by atoms with van der Waals surface area (Å²) in [6.07, 6.45) is 0. The van der Waals surface area contributed by atoms with Crippen LogP contribution in [0.1, 0.15) is 24.2 Å². The molecule has 0 aliphatic rings. The second-order valence-corrected chi connectivity index (χ2v) is 6.26. The van der Waals surface area contributed by atoms with E-state index in [0.29, 0.717) is 15.8 Å². The van der Waals surface area contributed by atoms with Crippen LogP contribution in [0.2, 0.25) is 0 Å². The van der Waals surface area contributed by atoms with Gasteiger partial charge in [0.05, 0.1) is 5.56 Å². The van der Waals surface area contributed by atoms with Crippen molar-refractivity contribution in [3.05, 3.63) is 64.6 Å². The average Bonchev–Trinajstić information content (AvgIpc) is 2.53. The van der Waals surface area contributed by atoms with E-state index in [2.05, 4.69) is 21.2 Å². The fraction of sp³-hybridized carbons (Fsp3) is 0.222. The third-order valence-electron chi connectivity index (χ3n) is 3.29. The topological polar surface area (TPSA) is 55.4 Å². The molecule has 23 heavy (non-hydrogen) atoms. The Morgan fingerprint density at radius 3 is 2.22 bits per heavy atom. The van der Waals surface area contributed by atoms with Gasteiger partial charge < -0.3 is 10.1 Å². The molecule has 0 saturated heterocycles. The van der Waals surface area contributed by atoms with Crippen molar-refractivity contribution in [3.8, 4) is 5.75 Å². The minimum Gasteiger partial charge on any atom is -0.425 e. The summed E-state index contributed by atoms with van der Waals surface area (Å²) in [5.74, 6) is -0.441. The van der Waals surface area contributed by atoms with E-state index in [4.69, 9.17) is 4.74 Å². The summed E-state index contributed by atoms with van der Waals surface area (Å²) in [5, 5.41) is 2.75. The number of para-hydroxylation sites is 1. The molecule has 0 aromatic heterocycles. The lowest BCUT2D eigenvalue weighted by Crippen LogP contribution is -2.46. The van der Waals surface area contributed by atoms with Crippen LogP contribution in [0.4, 0.5) is 0 Å². The van der Waals surface area contributed by atoms with E-state index >= 15 is 0 Å². The lowest BCUT2D eigenvalue weighted by Gasteiger charge is -2.21. The minimum absolute atomic E-state index is 0.0994. The molecule has 0 heterocycles. The highest BCUT2D eigenvalue weighted by Crippen LogP contribution is 2.17. The Balaban J connectivity index is 2.11. The second-order valence-electron chi connectivity index (χ2n) is 5.41. The molecule has 0 aliphatic carbocycles. The molecule has 0 radical (unpaired) electrons. The van der Waals surface area contributed by atoms with E-state index in [0.717, 1.165) is 0 Å². The van der Waals surface area contributed by atoms with Crippen molar-refractivity contribution in [1.29, 1.82) is 0 Å². The van der Waals surface area contributed by atoms with Crippen LogP contribution >= 0.6 is 15.9 Å². The first-order valence-electron chi connectivity index (χ1n) is 7.31. The van der Waals surface area contributed by atoms with Gasteiger partial charge in [-0.3, -0.25) is 4.79 Å². The number of rotatable bonds is 5. The number of halogens is 1. The Labute approximate surface area is 144 Å². The number of ether oxygens (including phenoxy) is 1. The Bertz CT molecular complexity index is 686. The van der Waals surface area contributed by atoms with Crippen LogP contribution in [0.5, 0.6) is 5.75 Å². The second kappa shape index (κ2) is 7.92. The maximum Gasteiger partial charge on any atom is 0.334 e. The van der Waals surface area contributed by atoms with Gasteiger partial charge in [0.25, 0.3) is 5.91 Å². The molecule has 2 aromatic carbocycles. The number of esters is 1. The molecule has 4 nitrogen and oxygen atoms in total. The monoisotopic (exact) mass is 375 g/mol. The van der Waals surface area contributed by atoms with Gasteiger partial charge in [0, 0.05) is 4.47 Å². The van der Waals surface area contributed by atoms with Gasteiger partial charge in [0.1, 0.15) is 11.8 Å². The summed E-state index contributed by atoms with van der Waals surface area (Å²) in [5.41, 5.74) is 0.477. The van der Waals surface area contributed by atoms with E-state index in [-0.39, 0.29) is 11.8 Å². The Morgan fingerprint density at radius 2 is 1.61 bits per heavy atom. The standard InChI is InChI=1S/C18H18BrNO3/c1-12(2)16(18(22)23-13-8-4-3-5-9-13)20-17(21)14-10-6-7-11-15(14)19/h3-12,16H,1-2H3,(H,20,21)/t16-/m0/s1. The molecular weight excluding hydrogens is 358 g/mol. The summed E-state index contributed by atoms with van der Waals surface area (Å²) in [6, 6.07) is 15.1. The van der Waals surface area contributed by atoms with Crippen molar-refractivity contribution >= 4 is 27.8 Å². The van der Waals surface area contributed by atoms with Crippen LogP contribution in [0.25, 0.3) is 0 Å². The largest absolute Gasteiger partial charge is 0.425 e. The molecule has 1 N–H and O–H groups in total. The third-order valence-corrected chi connectivity index (χ3v) is 3.98. The fourth-order valence-corrected chi connectivity index (χ4v) is 2.50. The molecule has 1 amide bonds. The highest BCUT2D eigenvalue weighted by molar-refractivity contribution is 9.10. The quantitative estimate of drug-likeness (QED) is 0.638. The molecule has 5 heteroatoms. The lowest BCUT2D eigenvalue weighted by atomic mass is 10.0. The van der Waals surface area contributed by atoms with E-state index in [1.165, 1.54) is 0 Å². The summed E-state index contributed by atoms with van der Waals surface area (Å²) < 4.78 is 6.02. The van der Waals surface area contributed by atoms with Gasteiger partial charge in [-0.15, -0.1) is 0 Å². The molecule has 0 spiro atoms. The maximum absolute atomic E-state index is 12.4. The molecular formula is C18H18BrNO3. The van der Waals surface area contributed by atoms with Gasteiger partial charge in [-0.25, -0.2) is 4.79 Å². The molecule has 0 bridgehead atoms. The highest BCUT2D eigenvalue weighted by atomic mass is 79.9. The molecule has 0 unspecified atom stereocenters. The molecule has 2 aromatic rings. The third kappa shape index (κ3) is 4.66. The molecule has 0 aliphatic heterocycles. The van der Waals surface area contributed by atoms with Crippen molar-refractivity contribution in [1.82, 2.24) is 5.32 Å². The van der Waals surface area contributed by atoms with Gasteiger partial charge in [0.2, 0.25) is 0 Å². The number of hydrogen-bond donors (Lipinski definition) is 1. The lowest BCUT2D eigenvalue weighted by molar-refractivity contribution is -0.137. The zero-order valence-electron chi connectivity index (χ0n) is 13.0. The predicted molar refractivity (Wildman–Crippen MR) is 92.3 cm³/mol. The number of hydrogen-bond acceptors (Lipinski definition) is 3. The maximum atomic E-state index is 12.4. The molecule has 0 fully saturated rings. The summed E-state index contributed by atoms with van der Waals surface area (Å²) in [7, 11) is 0. The van der Waals surface area contributed by atoms with Gasteiger partial charge >= 0.3 is 5.97 Å². The first-order valence-corrected chi connectivity index (χ1v) is 8.10. The molecule has 2 rings (SSSR count).